The summed E-state index contributed by atoms with van der Waals surface area (Å²) in [5.41, 5.74) is 2.48. The zero-order valence-electron chi connectivity index (χ0n) is 16.9. The van der Waals surface area contributed by atoms with E-state index >= 15 is 0 Å². The van der Waals surface area contributed by atoms with Crippen LogP contribution in [0.3, 0.4) is 0 Å². The zero-order valence-corrected chi connectivity index (χ0v) is 17.7. The molecule has 1 saturated heterocycles. The molecule has 1 aliphatic rings. The molecule has 0 saturated carbocycles. The van der Waals surface area contributed by atoms with Crippen LogP contribution in [0.1, 0.15) is 29.3 Å². The molecule has 1 aliphatic heterocycles. The number of amides is 1. The van der Waals surface area contributed by atoms with Crippen molar-refractivity contribution in [2.45, 2.75) is 25.2 Å². The van der Waals surface area contributed by atoms with Crippen molar-refractivity contribution in [2.24, 2.45) is 0 Å². The summed E-state index contributed by atoms with van der Waals surface area (Å²) in [5, 5.41) is 6.13. The predicted octanol–water partition coefficient (Wildman–Crippen LogP) is 2.35. The lowest BCUT2D eigenvalue weighted by molar-refractivity contribution is 0.0953. The maximum Gasteiger partial charge on any atom is 0.261 e. The Morgan fingerprint density at radius 1 is 1.14 bits per heavy atom. The molecule has 8 heteroatoms. The lowest BCUT2D eigenvalue weighted by Crippen LogP contribution is -2.43. The van der Waals surface area contributed by atoms with Gasteiger partial charge in [0, 0.05) is 38.3 Å². The van der Waals surface area contributed by atoms with Crippen LogP contribution in [0.5, 0.6) is 0 Å². The third-order valence-electron chi connectivity index (χ3n) is 4.80. The topological polar surface area (TPSA) is 90.5 Å². The van der Waals surface area contributed by atoms with Gasteiger partial charge in [-0.3, -0.25) is 9.52 Å². The van der Waals surface area contributed by atoms with E-state index in [9.17, 15) is 13.2 Å². The highest BCUT2D eigenvalue weighted by Gasteiger charge is 2.21. The molecule has 7 nitrogen and oxygen atoms in total. The number of anilines is 2. The molecule has 0 atom stereocenters. The number of carbonyl (C=O) groups is 1. The Morgan fingerprint density at radius 3 is 2.59 bits per heavy atom. The first kappa shape index (κ1) is 21.1. The lowest BCUT2D eigenvalue weighted by atomic mass is 10.1. The van der Waals surface area contributed by atoms with Crippen molar-refractivity contribution in [3.8, 4) is 0 Å². The number of aryl methyl sites for hydroxylation is 1. The maximum atomic E-state index is 13.0. The molecule has 0 unspecified atom stereocenters. The normalized spacial score (nSPS) is 14.5. The van der Waals surface area contributed by atoms with Crippen molar-refractivity contribution in [3.05, 3.63) is 53.6 Å². The van der Waals surface area contributed by atoms with Crippen LogP contribution in [0.2, 0.25) is 0 Å². The third kappa shape index (κ3) is 5.27. The van der Waals surface area contributed by atoms with Crippen LogP contribution < -0.4 is 20.3 Å². The highest BCUT2D eigenvalue weighted by atomic mass is 32.2. The van der Waals surface area contributed by atoms with Crippen LogP contribution in [-0.4, -0.2) is 47.0 Å². The Labute approximate surface area is 172 Å². The molecule has 0 bridgehead atoms. The van der Waals surface area contributed by atoms with Crippen LogP contribution in [0.4, 0.5) is 11.4 Å². The summed E-state index contributed by atoms with van der Waals surface area (Å²) in [6.07, 6.45) is 0.831. The molecule has 0 spiro atoms. The number of hydrogen-bond donors (Lipinski definition) is 3. The van der Waals surface area contributed by atoms with E-state index in [4.69, 9.17) is 0 Å². The molecular formula is C21H28N4O3S. The molecular weight excluding hydrogens is 388 g/mol. The van der Waals surface area contributed by atoms with E-state index in [1.54, 1.807) is 30.3 Å². The molecule has 3 rings (SSSR count). The van der Waals surface area contributed by atoms with Crippen molar-refractivity contribution in [3.63, 3.8) is 0 Å². The number of benzene rings is 2. The molecule has 29 heavy (non-hydrogen) atoms. The number of nitrogens with zero attached hydrogens (tertiary/aromatic N) is 1. The van der Waals surface area contributed by atoms with E-state index in [1.807, 2.05) is 26.0 Å². The smallest absolute Gasteiger partial charge is 0.261 e. The predicted molar refractivity (Wildman–Crippen MR) is 116 cm³/mol. The Kier molecular flexibility index (Phi) is 6.76. The van der Waals surface area contributed by atoms with Gasteiger partial charge in [0.25, 0.3) is 15.9 Å². The van der Waals surface area contributed by atoms with Crippen molar-refractivity contribution in [1.82, 2.24) is 10.6 Å². The minimum Gasteiger partial charge on any atom is -0.367 e. The number of hydrogen-bond acceptors (Lipinski definition) is 5. The van der Waals surface area contributed by atoms with Crippen LogP contribution in [0.15, 0.2) is 47.4 Å². The Balaban J connectivity index is 1.97. The second-order valence-electron chi connectivity index (χ2n) is 7.15. The highest BCUT2D eigenvalue weighted by Crippen LogP contribution is 2.30. The third-order valence-corrected chi connectivity index (χ3v) is 6.16. The van der Waals surface area contributed by atoms with Gasteiger partial charge < -0.3 is 15.5 Å². The molecule has 0 aromatic heterocycles. The number of rotatable bonds is 7. The Hall–Kier alpha value is -2.58. The van der Waals surface area contributed by atoms with Gasteiger partial charge in [-0.15, -0.1) is 0 Å². The lowest BCUT2D eigenvalue weighted by Gasteiger charge is -2.31. The number of piperazine rings is 1. The second-order valence-corrected chi connectivity index (χ2v) is 8.83. The van der Waals surface area contributed by atoms with Crippen LogP contribution in [0, 0.1) is 6.92 Å². The van der Waals surface area contributed by atoms with Gasteiger partial charge in [0.2, 0.25) is 0 Å². The summed E-state index contributed by atoms with van der Waals surface area (Å²) in [4.78, 5) is 14.7. The van der Waals surface area contributed by atoms with Gasteiger partial charge in [0.05, 0.1) is 16.3 Å². The summed E-state index contributed by atoms with van der Waals surface area (Å²) in [6, 6.07) is 11.9. The maximum absolute atomic E-state index is 13.0. The van der Waals surface area contributed by atoms with Gasteiger partial charge in [0.1, 0.15) is 0 Å². The van der Waals surface area contributed by atoms with Gasteiger partial charge in [-0.25, -0.2) is 8.42 Å². The number of nitrogens with one attached hydrogen (secondary N) is 3. The van der Waals surface area contributed by atoms with E-state index in [-0.39, 0.29) is 10.8 Å². The average Bonchev–Trinajstić information content (AvgIpc) is 2.72. The van der Waals surface area contributed by atoms with E-state index in [0.29, 0.717) is 17.8 Å². The zero-order chi connectivity index (χ0) is 20.9. The van der Waals surface area contributed by atoms with Gasteiger partial charge in [0.15, 0.2) is 0 Å². The van der Waals surface area contributed by atoms with Crippen molar-refractivity contribution in [1.29, 1.82) is 0 Å². The van der Waals surface area contributed by atoms with Gasteiger partial charge in [-0.05, 0) is 49.2 Å². The summed E-state index contributed by atoms with van der Waals surface area (Å²) >= 11 is 0. The van der Waals surface area contributed by atoms with Crippen LogP contribution in [0.25, 0.3) is 0 Å². The fraction of sp³-hybridized carbons (Fsp3) is 0.381. The summed E-state index contributed by atoms with van der Waals surface area (Å²) in [6.45, 7) is 7.58. The molecule has 0 aliphatic carbocycles. The number of sulfonamides is 1. The Bertz CT molecular complexity index is 970. The SMILES string of the molecule is CCCNC(=O)c1ccc(N2CCNCC2)c(NS(=O)(=O)c2cccc(C)c2)c1. The van der Waals surface area contributed by atoms with Gasteiger partial charge >= 0.3 is 0 Å². The van der Waals surface area contributed by atoms with Crippen LogP contribution in [-0.2, 0) is 10.0 Å². The van der Waals surface area contributed by atoms with Crippen LogP contribution >= 0.6 is 0 Å². The van der Waals surface area contributed by atoms with Gasteiger partial charge in [-0.1, -0.05) is 19.1 Å². The minimum atomic E-state index is -3.78. The minimum absolute atomic E-state index is 0.199. The summed E-state index contributed by atoms with van der Waals surface area (Å²) in [5.74, 6) is -0.213. The molecule has 1 fully saturated rings. The monoisotopic (exact) mass is 416 g/mol. The van der Waals surface area contributed by atoms with E-state index in [2.05, 4.69) is 20.3 Å². The fourth-order valence-corrected chi connectivity index (χ4v) is 4.44. The fourth-order valence-electron chi connectivity index (χ4n) is 3.27. The number of carbonyl (C=O) groups excluding carboxylic acids is 1. The summed E-state index contributed by atoms with van der Waals surface area (Å²) < 4.78 is 28.7. The van der Waals surface area contributed by atoms with Crippen molar-refractivity contribution >= 4 is 27.3 Å². The molecule has 2 aromatic rings. The summed E-state index contributed by atoms with van der Waals surface area (Å²) in [7, 11) is -3.78. The first-order valence-corrected chi connectivity index (χ1v) is 11.4. The standard InChI is InChI=1S/C21H28N4O3S/c1-3-9-23-21(26)17-7-8-20(25-12-10-22-11-13-25)19(15-17)24-29(27,28)18-6-4-5-16(2)14-18/h4-8,14-15,22,24H,3,9-13H2,1-2H3,(H,23,26). The average molecular weight is 417 g/mol. The molecule has 0 radical (unpaired) electrons. The molecule has 156 valence electrons. The van der Waals surface area contributed by atoms with Crippen molar-refractivity contribution in [2.75, 3.05) is 42.3 Å². The van der Waals surface area contributed by atoms with E-state index < -0.39 is 10.0 Å². The van der Waals surface area contributed by atoms with E-state index in [0.717, 1.165) is 43.9 Å². The first-order chi connectivity index (χ1) is 13.9. The quantitative estimate of drug-likeness (QED) is 0.645. The molecule has 1 amide bonds. The van der Waals surface area contributed by atoms with Gasteiger partial charge in [-0.2, -0.15) is 0 Å². The Morgan fingerprint density at radius 2 is 1.90 bits per heavy atom. The van der Waals surface area contributed by atoms with E-state index in [1.165, 1.54) is 0 Å². The molecule has 2 aromatic carbocycles. The molecule has 3 N–H and O–H groups in total. The highest BCUT2D eigenvalue weighted by molar-refractivity contribution is 7.92. The van der Waals surface area contributed by atoms with Crippen molar-refractivity contribution < 1.29 is 13.2 Å². The second kappa shape index (κ2) is 9.28. The first-order valence-electron chi connectivity index (χ1n) is 9.88. The largest absolute Gasteiger partial charge is 0.367 e. The molecule has 1 heterocycles.